The second kappa shape index (κ2) is 5.51. The number of hydrogen-bond donors (Lipinski definition) is 0. The Bertz CT molecular complexity index is 637. The largest absolute Gasteiger partial charge is 0.326 e. The molecule has 0 spiro atoms. The Morgan fingerprint density at radius 2 is 2.20 bits per heavy atom. The fourth-order valence-electron chi connectivity index (χ4n) is 2.48. The quantitative estimate of drug-likeness (QED) is 0.785. The highest BCUT2D eigenvalue weighted by Crippen LogP contribution is 2.27. The van der Waals surface area contributed by atoms with E-state index in [0.717, 1.165) is 24.4 Å². The van der Waals surface area contributed by atoms with Crippen LogP contribution in [0.5, 0.6) is 0 Å². The van der Waals surface area contributed by atoms with Crippen molar-refractivity contribution >= 4 is 34.2 Å². The molecule has 108 valence electrons. The van der Waals surface area contributed by atoms with Crippen LogP contribution in [0.2, 0.25) is 5.02 Å². The zero-order valence-electron chi connectivity index (χ0n) is 11.2. The van der Waals surface area contributed by atoms with E-state index in [-0.39, 0.29) is 5.02 Å². The number of imidazole rings is 1. The maximum Gasteiger partial charge on any atom is 0.144 e. The summed E-state index contributed by atoms with van der Waals surface area (Å²) in [4.78, 5) is 6.73. The highest BCUT2D eigenvalue weighted by molar-refractivity contribution is 6.31. The molecule has 0 radical (unpaired) electrons. The molecule has 1 saturated carbocycles. The van der Waals surface area contributed by atoms with Crippen LogP contribution in [0.25, 0.3) is 11.0 Å². The van der Waals surface area contributed by atoms with Gasteiger partial charge in [-0.05, 0) is 26.0 Å². The predicted octanol–water partition coefficient (Wildman–Crippen LogP) is 3.66. The average Bonchev–Trinajstić information content (AvgIpc) is 3.21. The number of benzene rings is 1. The van der Waals surface area contributed by atoms with E-state index in [0.29, 0.717) is 17.4 Å². The van der Waals surface area contributed by atoms with E-state index in [1.807, 2.05) is 4.57 Å². The van der Waals surface area contributed by atoms with Crippen molar-refractivity contribution in [1.82, 2.24) is 14.5 Å². The lowest BCUT2D eigenvalue weighted by molar-refractivity contribution is 0.309. The van der Waals surface area contributed by atoms with Gasteiger partial charge >= 0.3 is 0 Å². The first-order valence-electron chi connectivity index (χ1n) is 6.70. The van der Waals surface area contributed by atoms with Crippen molar-refractivity contribution in [3.05, 3.63) is 28.8 Å². The van der Waals surface area contributed by atoms with Crippen LogP contribution in [0.1, 0.15) is 18.7 Å². The maximum atomic E-state index is 13.5. The SMILES string of the molecule is CN(CCn1c(CCl)nc2cc(F)c(Cl)cc21)C1CC1. The summed E-state index contributed by atoms with van der Waals surface area (Å²) in [5.74, 6) is 0.619. The van der Waals surface area contributed by atoms with E-state index in [9.17, 15) is 4.39 Å². The molecule has 0 aliphatic heterocycles. The first-order chi connectivity index (χ1) is 9.60. The van der Waals surface area contributed by atoms with Gasteiger partial charge in [-0.15, -0.1) is 11.6 Å². The molecule has 6 heteroatoms. The average molecular weight is 316 g/mol. The van der Waals surface area contributed by atoms with Gasteiger partial charge in [0.25, 0.3) is 0 Å². The Labute approximate surface area is 127 Å². The minimum Gasteiger partial charge on any atom is -0.326 e. The summed E-state index contributed by atoms with van der Waals surface area (Å²) < 4.78 is 15.5. The van der Waals surface area contributed by atoms with Crippen LogP contribution in [0.15, 0.2) is 12.1 Å². The number of fused-ring (bicyclic) bond motifs is 1. The number of nitrogens with zero attached hydrogens (tertiary/aromatic N) is 3. The molecule has 20 heavy (non-hydrogen) atoms. The van der Waals surface area contributed by atoms with E-state index in [4.69, 9.17) is 23.2 Å². The molecule has 0 atom stereocenters. The summed E-state index contributed by atoms with van der Waals surface area (Å²) in [5.41, 5.74) is 1.45. The van der Waals surface area contributed by atoms with Crippen LogP contribution < -0.4 is 0 Å². The summed E-state index contributed by atoms with van der Waals surface area (Å²) in [5, 5.41) is 0.121. The summed E-state index contributed by atoms with van der Waals surface area (Å²) >= 11 is 11.8. The van der Waals surface area contributed by atoms with Crippen molar-refractivity contribution in [1.29, 1.82) is 0 Å². The van der Waals surface area contributed by atoms with Gasteiger partial charge in [-0.25, -0.2) is 9.37 Å². The third-order valence-corrected chi connectivity index (χ3v) is 4.36. The zero-order chi connectivity index (χ0) is 14.3. The number of likely N-dealkylation sites (N-methyl/N-ethyl adjacent to an activating group) is 1. The summed E-state index contributed by atoms with van der Waals surface area (Å²) in [6.07, 6.45) is 2.56. The topological polar surface area (TPSA) is 21.1 Å². The molecule has 0 unspecified atom stereocenters. The molecule has 1 aliphatic carbocycles. The van der Waals surface area contributed by atoms with Crippen LogP contribution >= 0.6 is 23.2 Å². The number of aromatic nitrogens is 2. The minimum absolute atomic E-state index is 0.121. The molecule has 3 rings (SSSR count). The molecule has 1 aromatic carbocycles. The van der Waals surface area contributed by atoms with E-state index < -0.39 is 5.82 Å². The Morgan fingerprint density at radius 1 is 1.45 bits per heavy atom. The molecule has 1 aromatic heterocycles. The van der Waals surface area contributed by atoms with E-state index in [1.165, 1.54) is 18.9 Å². The number of alkyl halides is 1. The normalized spacial score (nSPS) is 15.4. The van der Waals surface area contributed by atoms with Gasteiger partial charge in [0.1, 0.15) is 11.6 Å². The molecule has 1 fully saturated rings. The zero-order valence-corrected chi connectivity index (χ0v) is 12.8. The molecule has 0 amide bonds. The third-order valence-electron chi connectivity index (χ3n) is 3.84. The van der Waals surface area contributed by atoms with Crippen molar-refractivity contribution in [2.24, 2.45) is 0 Å². The predicted molar refractivity (Wildman–Crippen MR) is 79.9 cm³/mol. The Balaban J connectivity index is 1.92. The second-order valence-corrected chi connectivity index (χ2v) is 5.95. The van der Waals surface area contributed by atoms with Crippen LogP contribution in [-0.4, -0.2) is 34.1 Å². The molecular weight excluding hydrogens is 300 g/mol. The standard InChI is InChI=1S/C14H16Cl2FN3/c1-19(9-2-3-9)4-5-20-13-6-10(16)11(17)7-12(13)18-14(20)8-15/h6-7,9H,2-5,8H2,1H3. The first-order valence-corrected chi connectivity index (χ1v) is 7.61. The highest BCUT2D eigenvalue weighted by atomic mass is 35.5. The van der Waals surface area contributed by atoms with Gasteiger partial charge in [0.05, 0.1) is 21.9 Å². The molecule has 0 saturated heterocycles. The lowest BCUT2D eigenvalue weighted by atomic mass is 10.3. The van der Waals surface area contributed by atoms with Crippen LogP contribution in [-0.2, 0) is 12.4 Å². The fourth-order valence-corrected chi connectivity index (χ4v) is 2.84. The van der Waals surface area contributed by atoms with Gasteiger partial charge in [-0.1, -0.05) is 11.6 Å². The van der Waals surface area contributed by atoms with Crippen molar-refractivity contribution in [2.75, 3.05) is 13.6 Å². The first kappa shape index (κ1) is 14.1. The Hall–Kier alpha value is -0.840. The van der Waals surface area contributed by atoms with Crippen LogP contribution in [0, 0.1) is 5.82 Å². The van der Waals surface area contributed by atoms with E-state index in [1.54, 1.807) is 6.07 Å². The third kappa shape index (κ3) is 2.65. The Kier molecular flexibility index (Phi) is 3.89. The molecule has 0 bridgehead atoms. The van der Waals surface area contributed by atoms with Crippen molar-refractivity contribution in [2.45, 2.75) is 31.3 Å². The summed E-state index contributed by atoms with van der Waals surface area (Å²) in [6, 6.07) is 3.71. The summed E-state index contributed by atoms with van der Waals surface area (Å²) in [6.45, 7) is 1.71. The molecule has 0 N–H and O–H groups in total. The number of hydrogen-bond acceptors (Lipinski definition) is 2. The van der Waals surface area contributed by atoms with Gasteiger partial charge in [0.2, 0.25) is 0 Å². The van der Waals surface area contributed by atoms with Gasteiger partial charge < -0.3 is 9.47 Å². The number of halogens is 3. The highest BCUT2D eigenvalue weighted by Gasteiger charge is 2.26. The van der Waals surface area contributed by atoms with Gasteiger partial charge in [0, 0.05) is 25.2 Å². The lowest BCUT2D eigenvalue weighted by Gasteiger charge is -2.17. The van der Waals surface area contributed by atoms with Gasteiger partial charge in [-0.2, -0.15) is 0 Å². The van der Waals surface area contributed by atoms with Gasteiger partial charge in [-0.3, -0.25) is 0 Å². The number of rotatable bonds is 5. The van der Waals surface area contributed by atoms with Crippen molar-refractivity contribution in [3.63, 3.8) is 0 Å². The molecule has 3 nitrogen and oxygen atoms in total. The van der Waals surface area contributed by atoms with Crippen molar-refractivity contribution < 1.29 is 4.39 Å². The van der Waals surface area contributed by atoms with E-state index >= 15 is 0 Å². The lowest BCUT2D eigenvalue weighted by Crippen LogP contribution is -2.25. The molecule has 1 aliphatic rings. The van der Waals surface area contributed by atoms with Crippen LogP contribution in [0.3, 0.4) is 0 Å². The van der Waals surface area contributed by atoms with Gasteiger partial charge in [0.15, 0.2) is 0 Å². The van der Waals surface area contributed by atoms with Crippen LogP contribution in [0.4, 0.5) is 4.39 Å². The molecule has 2 aromatic rings. The summed E-state index contributed by atoms with van der Waals surface area (Å²) in [7, 11) is 2.13. The fraction of sp³-hybridized carbons (Fsp3) is 0.500. The monoisotopic (exact) mass is 315 g/mol. The second-order valence-electron chi connectivity index (χ2n) is 5.28. The molecule has 1 heterocycles. The molecular formula is C14H16Cl2FN3. The smallest absolute Gasteiger partial charge is 0.144 e. The maximum absolute atomic E-state index is 13.5. The van der Waals surface area contributed by atoms with Crippen molar-refractivity contribution in [3.8, 4) is 0 Å². The Morgan fingerprint density at radius 3 is 2.85 bits per heavy atom. The minimum atomic E-state index is -0.444. The van der Waals surface area contributed by atoms with E-state index in [2.05, 4.69) is 16.9 Å².